The van der Waals surface area contributed by atoms with E-state index in [1.807, 2.05) is 31.2 Å². The minimum Gasteiger partial charge on any atom is -0.321 e. The molecule has 2 aromatic rings. The maximum Gasteiger partial charge on any atom is 0.305 e. The lowest BCUT2D eigenvalue weighted by atomic mass is 10.2. The number of carbonyl (C=O) groups is 1. The van der Waals surface area contributed by atoms with Crippen molar-refractivity contribution in [1.29, 1.82) is 0 Å². The van der Waals surface area contributed by atoms with E-state index in [9.17, 15) is 9.59 Å². The average molecular weight is 248 g/mol. The van der Waals surface area contributed by atoms with E-state index in [4.69, 9.17) is 0 Å². The summed E-state index contributed by atoms with van der Waals surface area (Å²) in [5.74, 6) is -0.255. The first-order chi connectivity index (χ1) is 8.06. The number of benzene rings is 1. The Labute approximate surface area is 102 Å². The van der Waals surface area contributed by atoms with Gasteiger partial charge < -0.3 is 10.3 Å². The normalized spacial score (nSPS) is 10.2. The average Bonchev–Trinajstić information content (AvgIpc) is 2.61. The standard InChI is InChI=1S/C12H12N2O2S/c1-7-3-5-9(6-4-7)14-11(15)10-8(2)13-12(16)17-10/h3-6H,1-2H3,(H,13,16)(H,14,15). The van der Waals surface area contributed by atoms with Gasteiger partial charge in [0.25, 0.3) is 5.91 Å². The molecule has 1 amide bonds. The summed E-state index contributed by atoms with van der Waals surface area (Å²) in [6, 6.07) is 7.50. The van der Waals surface area contributed by atoms with Crippen LogP contribution in [0.5, 0.6) is 0 Å². The van der Waals surface area contributed by atoms with E-state index in [-0.39, 0.29) is 10.8 Å². The summed E-state index contributed by atoms with van der Waals surface area (Å²) in [7, 11) is 0. The molecule has 0 bridgehead atoms. The van der Waals surface area contributed by atoms with E-state index in [2.05, 4.69) is 10.3 Å². The minimum atomic E-state index is -0.255. The van der Waals surface area contributed by atoms with Gasteiger partial charge in [0.1, 0.15) is 4.88 Å². The zero-order valence-corrected chi connectivity index (χ0v) is 10.4. The molecule has 4 nitrogen and oxygen atoms in total. The summed E-state index contributed by atoms with van der Waals surface area (Å²) in [4.78, 5) is 25.8. The molecule has 0 saturated carbocycles. The second-order valence-corrected chi connectivity index (χ2v) is 4.77. The molecule has 1 aromatic carbocycles. The van der Waals surface area contributed by atoms with Crippen LogP contribution in [0.4, 0.5) is 5.69 Å². The summed E-state index contributed by atoms with van der Waals surface area (Å²) in [5.41, 5.74) is 2.45. The van der Waals surface area contributed by atoms with Crippen molar-refractivity contribution in [3.8, 4) is 0 Å². The smallest absolute Gasteiger partial charge is 0.305 e. The molecule has 2 rings (SSSR count). The third kappa shape index (κ3) is 2.62. The first-order valence-electron chi connectivity index (χ1n) is 5.14. The minimum absolute atomic E-state index is 0.212. The Hall–Kier alpha value is -1.88. The molecule has 0 aliphatic carbocycles. The molecule has 0 saturated heterocycles. The number of amides is 1. The van der Waals surface area contributed by atoms with Crippen LogP contribution in [0, 0.1) is 13.8 Å². The van der Waals surface area contributed by atoms with Gasteiger partial charge in [-0.15, -0.1) is 0 Å². The number of hydrogen-bond donors (Lipinski definition) is 2. The van der Waals surface area contributed by atoms with Crippen molar-refractivity contribution in [1.82, 2.24) is 4.98 Å². The monoisotopic (exact) mass is 248 g/mol. The molecule has 0 aliphatic heterocycles. The fraction of sp³-hybridized carbons (Fsp3) is 0.167. The Morgan fingerprint density at radius 1 is 1.24 bits per heavy atom. The number of hydrogen-bond acceptors (Lipinski definition) is 3. The summed E-state index contributed by atoms with van der Waals surface area (Å²) < 4.78 is 0. The second kappa shape index (κ2) is 4.55. The van der Waals surface area contributed by atoms with Crippen LogP contribution in [-0.2, 0) is 0 Å². The molecular formula is C12H12N2O2S. The molecule has 0 spiro atoms. The third-order valence-corrected chi connectivity index (χ3v) is 3.32. The SMILES string of the molecule is Cc1ccc(NC(=O)c2sc(=O)[nH]c2C)cc1. The van der Waals surface area contributed by atoms with Gasteiger partial charge in [-0.1, -0.05) is 29.0 Å². The maximum atomic E-state index is 11.9. The molecule has 88 valence electrons. The predicted octanol–water partition coefficient (Wildman–Crippen LogP) is 2.31. The highest BCUT2D eigenvalue weighted by atomic mass is 32.1. The molecule has 5 heteroatoms. The molecule has 2 N–H and O–H groups in total. The highest BCUT2D eigenvalue weighted by Crippen LogP contribution is 2.13. The van der Waals surface area contributed by atoms with Gasteiger partial charge in [0.2, 0.25) is 0 Å². The number of aryl methyl sites for hydroxylation is 2. The number of H-pyrrole nitrogens is 1. The number of thiazole rings is 1. The van der Waals surface area contributed by atoms with Crippen molar-refractivity contribution < 1.29 is 4.79 Å². The van der Waals surface area contributed by atoms with E-state index in [1.165, 1.54) is 0 Å². The number of nitrogens with one attached hydrogen (secondary N) is 2. The fourth-order valence-electron chi connectivity index (χ4n) is 1.45. The van der Waals surface area contributed by atoms with Gasteiger partial charge in [0.05, 0.1) is 0 Å². The van der Waals surface area contributed by atoms with Crippen LogP contribution in [0.15, 0.2) is 29.1 Å². The zero-order valence-electron chi connectivity index (χ0n) is 9.53. The van der Waals surface area contributed by atoms with Crippen LogP contribution in [-0.4, -0.2) is 10.9 Å². The molecule has 0 unspecified atom stereocenters. The fourth-order valence-corrected chi connectivity index (χ4v) is 2.18. The van der Waals surface area contributed by atoms with Crippen LogP contribution < -0.4 is 10.2 Å². The largest absolute Gasteiger partial charge is 0.321 e. The highest BCUT2D eigenvalue weighted by molar-refractivity contribution is 7.11. The number of anilines is 1. The molecule has 1 aromatic heterocycles. The Bertz CT molecular complexity index is 596. The third-order valence-electron chi connectivity index (χ3n) is 2.34. The summed E-state index contributed by atoms with van der Waals surface area (Å²) >= 11 is 0.922. The van der Waals surface area contributed by atoms with Gasteiger partial charge in [-0.2, -0.15) is 0 Å². The lowest BCUT2D eigenvalue weighted by Gasteiger charge is -2.04. The molecule has 0 fully saturated rings. The van der Waals surface area contributed by atoms with Gasteiger partial charge >= 0.3 is 4.87 Å². The predicted molar refractivity (Wildman–Crippen MR) is 68.8 cm³/mol. The maximum absolute atomic E-state index is 11.9. The van der Waals surface area contributed by atoms with Gasteiger partial charge in [-0.05, 0) is 26.0 Å². The topological polar surface area (TPSA) is 62.0 Å². The van der Waals surface area contributed by atoms with E-state index in [0.29, 0.717) is 10.6 Å². The van der Waals surface area contributed by atoms with Gasteiger partial charge in [0.15, 0.2) is 0 Å². The number of aromatic nitrogens is 1. The van der Waals surface area contributed by atoms with Crippen molar-refractivity contribution in [3.05, 3.63) is 50.1 Å². The summed E-state index contributed by atoms with van der Waals surface area (Å²) in [6.45, 7) is 3.69. The van der Waals surface area contributed by atoms with Crippen molar-refractivity contribution in [2.24, 2.45) is 0 Å². The van der Waals surface area contributed by atoms with E-state index >= 15 is 0 Å². The molecular weight excluding hydrogens is 236 g/mol. The van der Waals surface area contributed by atoms with Crippen LogP contribution in [0.2, 0.25) is 0 Å². The first kappa shape index (κ1) is 11.6. The van der Waals surface area contributed by atoms with E-state index < -0.39 is 0 Å². The van der Waals surface area contributed by atoms with Crippen LogP contribution in [0.3, 0.4) is 0 Å². The van der Waals surface area contributed by atoms with E-state index in [1.54, 1.807) is 6.92 Å². The molecule has 0 atom stereocenters. The van der Waals surface area contributed by atoms with Gasteiger partial charge in [-0.25, -0.2) is 0 Å². The quantitative estimate of drug-likeness (QED) is 0.856. The molecule has 0 aliphatic rings. The van der Waals surface area contributed by atoms with Crippen LogP contribution in [0.25, 0.3) is 0 Å². The Kier molecular flexibility index (Phi) is 3.10. The second-order valence-electron chi connectivity index (χ2n) is 3.79. The Morgan fingerprint density at radius 2 is 1.88 bits per heavy atom. The van der Waals surface area contributed by atoms with Crippen LogP contribution in [0.1, 0.15) is 20.9 Å². The molecule has 0 radical (unpaired) electrons. The van der Waals surface area contributed by atoms with Crippen molar-refractivity contribution >= 4 is 22.9 Å². The summed E-state index contributed by atoms with van der Waals surface area (Å²) in [6.07, 6.45) is 0. The zero-order chi connectivity index (χ0) is 12.4. The number of carbonyl (C=O) groups excluding carboxylic acids is 1. The van der Waals surface area contributed by atoms with E-state index in [0.717, 1.165) is 22.6 Å². The number of rotatable bonds is 2. The van der Waals surface area contributed by atoms with Crippen molar-refractivity contribution in [2.45, 2.75) is 13.8 Å². The molecule has 17 heavy (non-hydrogen) atoms. The lowest BCUT2D eigenvalue weighted by molar-refractivity contribution is 0.103. The van der Waals surface area contributed by atoms with Crippen molar-refractivity contribution in [3.63, 3.8) is 0 Å². The van der Waals surface area contributed by atoms with Gasteiger partial charge in [0, 0.05) is 11.4 Å². The highest BCUT2D eigenvalue weighted by Gasteiger charge is 2.12. The summed E-state index contributed by atoms with van der Waals surface area (Å²) in [5, 5.41) is 2.75. The van der Waals surface area contributed by atoms with Crippen LogP contribution >= 0.6 is 11.3 Å². The van der Waals surface area contributed by atoms with Crippen molar-refractivity contribution in [2.75, 3.05) is 5.32 Å². The number of aromatic amines is 1. The van der Waals surface area contributed by atoms with Gasteiger partial charge in [-0.3, -0.25) is 9.59 Å². The lowest BCUT2D eigenvalue weighted by Crippen LogP contribution is -2.11. The Morgan fingerprint density at radius 3 is 2.41 bits per heavy atom. The molecule has 1 heterocycles. The first-order valence-corrected chi connectivity index (χ1v) is 5.95. The Balaban J connectivity index is 2.20.